The first-order valence-electron chi connectivity index (χ1n) is 9.74. The molecule has 1 aromatic heterocycles. The summed E-state index contributed by atoms with van der Waals surface area (Å²) >= 11 is 12.2. The third-order valence-corrected chi connectivity index (χ3v) is 6.00. The first-order valence-corrected chi connectivity index (χ1v) is 10.5. The van der Waals surface area contributed by atoms with Gasteiger partial charge in [-0.2, -0.15) is 13.2 Å². The van der Waals surface area contributed by atoms with Gasteiger partial charge in [-0.15, -0.1) is 0 Å². The highest BCUT2D eigenvalue weighted by atomic mass is 35.5. The Morgan fingerprint density at radius 3 is 2.44 bits per heavy atom. The molecule has 3 aromatic rings. The van der Waals surface area contributed by atoms with E-state index in [4.69, 9.17) is 27.6 Å². The van der Waals surface area contributed by atoms with Crippen LogP contribution in [0.3, 0.4) is 0 Å². The van der Waals surface area contributed by atoms with Gasteiger partial charge >= 0.3 is 12.2 Å². The molecule has 4 rings (SSSR count). The van der Waals surface area contributed by atoms with Gasteiger partial charge in [0.15, 0.2) is 5.78 Å². The highest BCUT2D eigenvalue weighted by Crippen LogP contribution is 2.41. The molecule has 11 heteroatoms. The molecular formula is C23H15Cl2F3N2O4. The third kappa shape index (κ3) is 4.29. The van der Waals surface area contributed by atoms with E-state index in [1.807, 2.05) is 0 Å². The zero-order chi connectivity index (χ0) is 24.7. The van der Waals surface area contributed by atoms with E-state index in [0.717, 1.165) is 6.08 Å². The summed E-state index contributed by atoms with van der Waals surface area (Å²) in [5, 5.41) is 14.7. The molecule has 2 amide bonds. The number of carbonyl (C=O) groups is 2. The number of benzene rings is 2. The second-order valence-corrected chi connectivity index (χ2v) is 8.19. The topological polar surface area (TPSA) is 91.6 Å². The Balaban J connectivity index is 1.81. The monoisotopic (exact) mass is 510 g/mol. The van der Waals surface area contributed by atoms with E-state index in [9.17, 15) is 27.9 Å². The van der Waals surface area contributed by atoms with Gasteiger partial charge in [-0.05, 0) is 24.3 Å². The van der Waals surface area contributed by atoms with Gasteiger partial charge in [-0.1, -0.05) is 59.6 Å². The zero-order valence-electron chi connectivity index (χ0n) is 17.0. The van der Waals surface area contributed by atoms with Gasteiger partial charge < -0.3 is 20.2 Å². The van der Waals surface area contributed by atoms with Crippen molar-refractivity contribution in [2.24, 2.45) is 5.92 Å². The van der Waals surface area contributed by atoms with Crippen molar-refractivity contribution in [3.63, 3.8) is 0 Å². The van der Waals surface area contributed by atoms with Crippen LogP contribution in [0.25, 0.3) is 17.4 Å². The molecule has 0 aliphatic carbocycles. The van der Waals surface area contributed by atoms with Crippen LogP contribution < -0.4 is 10.6 Å². The molecule has 6 nitrogen and oxygen atoms in total. The maximum absolute atomic E-state index is 13.9. The average molecular weight is 511 g/mol. The van der Waals surface area contributed by atoms with E-state index >= 15 is 0 Å². The number of urea groups is 1. The molecule has 3 N–H and O–H groups in total. The molecule has 0 radical (unpaired) electrons. The molecule has 2 unspecified atom stereocenters. The maximum atomic E-state index is 13.9. The smallest absolute Gasteiger partial charge is 0.437 e. The summed E-state index contributed by atoms with van der Waals surface area (Å²) in [5.41, 5.74) is -4.03. The van der Waals surface area contributed by atoms with Crippen LogP contribution >= 0.6 is 23.2 Å². The van der Waals surface area contributed by atoms with Crippen LogP contribution in [-0.4, -0.2) is 28.8 Å². The van der Waals surface area contributed by atoms with Crippen LogP contribution in [-0.2, 0) is 0 Å². The first kappa shape index (κ1) is 23.9. The van der Waals surface area contributed by atoms with Crippen LogP contribution in [0.5, 0.6) is 0 Å². The van der Waals surface area contributed by atoms with Crippen LogP contribution in [0.1, 0.15) is 16.1 Å². The van der Waals surface area contributed by atoms with Crippen LogP contribution in [0.15, 0.2) is 70.8 Å². The predicted octanol–water partition coefficient (Wildman–Crippen LogP) is 5.66. The Hall–Kier alpha value is -3.27. The number of hydrogen-bond donors (Lipinski definition) is 3. The fraction of sp³-hybridized carbons (Fsp3) is 0.130. The third-order valence-electron chi connectivity index (χ3n) is 5.19. The molecule has 0 bridgehead atoms. The van der Waals surface area contributed by atoms with Crippen molar-refractivity contribution in [3.05, 3.63) is 87.7 Å². The van der Waals surface area contributed by atoms with Crippen molar-refractivity contribution in [2.75, 3.05) is 0 Å². The van der Waals surface area contributed by atoms with Gasteiger partial charge in [0, 0.05) is 22.9 Å². The highest BCUT2D eigenvalue weighted by Gasteiger charge is 2.65. The number of hydrogen-bond acceptors (Lipinski definition) is 4. The van der Waals surface area contributed by atoms with Gasteiger partial charge in [0.05, 0.1) is 10.0 Å². The zero-order valence-corrected chi connectivity index (χ0v) is 18.5. The van der Waals surface area contributed by atoms with Crippen molar-refractivity contribution in [3.8, 4) is 11.3 Å². The van der Waals surface area contributed by atoms with Crippen molar-refractivity contribution in [1.82, 2.24) is 10.6 Å². The van der Waals surface area contributed by atoms with E-state index in [1.54, 1.807) is 24.3 Å². The Morgan fingerprint density at radius 2 is 1.76 bits per heavy atom. The molecule has 1 saturated heterocycles. The Bertz CT molecular complexity index is 1290. The Kier molecular flexibility index (Phi) is 6.20. The molecular weight excluding hydrogens is 496 g/mol. The molecule has 2 atom stereocenters. The molecule has 176 valence electrons. The fourth-order valence-corrected chi connectivity index (χ4v) is 3.97. The number of furan rings is 1. The largest absolute Gasteiger partial charge is 0.457 e. The number of amides is 2. The molecule has 34 heavy (non-hydrogen) atoms. The predicted molar refractivity (Wildman–Crippen MR) is 119 cm³/mol. The quantitative estimate of drug-likeness (QED) is 0.395. The maximum Gasteiger partial charge on any atom is 0.437 e. The fourth-order valence-electron chi connectivity index (χ4n) is 3.58. The van der Waals surface area contributed by atoms with E-state index in [-0.39, 0.29) is 27.1 Å². The summed E-state index contributed by atoms with van der Waals surface area (Å²) in [6, 6.07) is 13.5. The van der Waals surface area contributed by atoms with Gasteiger partial charge in [-0.3, -0.25) is 4.79 Å². The summed E-state index contributed by atoms with van der Waals surface area (Å²) in [4.78, 5) is 25.2. The molecule has 1 fully saturated rings. The SMILES string of the molecule is O=C1N/C(=C\c2ccc(-c3cccc(Cl)c3Cl)o2)C(C(=O)c2ccccc2)C(O)(C(F)(F)F)N1. The number of Topliss-reactive ketones (excluding diaryl/α,β-unsaturated/α-hetero) is 1. The molecule has 0 spiro atoms. The number of ketones is 1. The van der Waals surface area contributed by atoms with Crippen LogP contribution in [0, 0.1) is 5.92 Å². The summed E-state index contributed by atoms with van der Waals surface area (Å²) in [6.07, 6.45) is -4.33. The lowest BCUT2D eigenvalue weighted by Gasteiger charge is -2.41. The van der Waals surface area contributed by atoms with Crippen molar-refractivity contribution >= 4 is 41.1 Å². The van der Waals surface area contributed by atoms with E-state index < -0.39 is 35.3 Å². The standard InChI is InChI=1S/C23H15Cl2F3N2O4/c24-15-8-4-7-14(19(15)25)17-10-9-13(34-17)11-16-18(20(31)12-5-2-1-3-6-12)22(33,23(26,27)28)30-21(32)29-16/h1-11,18,33H,(H2,29,30,32)/b16-11-. The number of alkyl halides is 3. The summed E-state index contributed by atoms with van der Waals surface area (Å²) < 4.78 is 47.4. The first-order chi connectivity index (χ1) is 16.0. The molecule has 1 aliphatic heterocycles. The van der Waals surface area contributed by atoms with Crippen LogP contribution in [0.4, 0.5) is 18.0 Å². The molecule has 1 aliphatic rings. The van der Waals surface area contributed by atoms with E-state index in [0.29, 0.717) is 5.56 Å². The Labute approximate surface area is 201 Å². The highest BCUT2D eigenvalue weighted by molar-refractivity contribution is 6.43. The van der Waals surface area contributed by atoms with Gasteiger partial charge in [0.25, 0.3) is 5.72 Å². The molecule has 0 saturated carbocycles. The lowest BCUT2D eigenvalue weighted by atomic mass is 9.82. The minimum Gasteiger partial charge on any atom is -0.457 e. The van der Waals surface area contributed by atoms with Crippen molar-refractivity contribution in [2.45, 2.75) is 11.9 Å². The van der Waals surface area contributed by atoms with Crippen molar-refractivity contribution in [1.29, 1.82) is 0 Å². The van der Waals surface area contributed by atoms with E-state index in [2.05, 4.69) is 5.32 Å². The van der Waals surface area contributed by atoms with Crippen LogP contribution in [0.2, 0.25) is 10.0 Å². The van der Waals surface area contributed by atoms with Gasteiger partial charge in [0.1, 0.15) is 17.4 Å². The number of nitrogens with one attached hydrogen (secondary N) is 2. The second-order valence-electron chi connectivity index (χ2n) is 7.41. The molecule has 2 aromatic carbocycles. The normalized spacial score (nSPS) is 21.8. The summed E-state index contributed by atoms with van der Waals surface area (Å²) in [5.74, 6) is -3.06. The molecule has 2 heterocycles. The Morgan fingerprint density at radius 1 is 1.06 bits per heavy atom. The number of carbonyl (C=O) groups excluding carboxylic acids is 2. The lowest BCUT2D eigenvalue weighted by molar-refractivity contribution is -0.279. The van der Waals surface area contributed by atoms with Gasteiger partial charge in [0.2, 0.25) is 0 Å². The van der Waals surface area contributed by atoms with Gasteiger partial charge in [-0.25, -0.2) is 4.79 Å². The number of rotatable bonds is 4. The number of halogens is 5. The van der Waals surface area contributed by atoms with Crippen molar-refractivity contribution < 1.29 is 32.3 Å². The number of aliphatic hydroxyl groups is 1. The summed E-state index contributed by atoms with van der Waals surface area (Å²) in [7, 11) is 0. The minimum atomic E-state index is -5.37. The summed E-state index contributed by atoms with van der Waals surface area (Å²) in [6.45, 7) is 0. The lowest BCUT2D eigenvalue weighted by Crippen LogP contribution is -2.71. The minimum absolute atomic E-state index is 0.00127. The second kappa shape index (κ2) is 8.83. The van der Waals surface area contributed by atoms with E-state index in [1.165, 1.54) is 41.7 Å². The average Bonchev–Trinajstić information content (AvgIpc) is 3.23.